The first kappa shape index (κ1) is 16.1. The van der Waals surface area contributed by atoms with Crippen molar-refractivity contribution < 1.29 is 9.53 Å². The third-order valence-corrected chi connectivity index (χ3v) is 5.11. The first-order valence-electron chi connectivity index (χ1n) is 8.95. The monoisotopic (exact) mass is 340 g/mol. The van der Waals surface area contributed by atoms with Crippen LogP contribution in [0, 0.1) is 0 Å². The summed E-state index contributed by atoms with van der Waals surface area (Å²) in [6.45, 7) is 4.29. The SMILES string of the molecule is CN(C(=O)c1cc2n(n1)CCO2)C1CCCN(Cc2ccccc2)C1. The van der Waals surface area contributed by atoms with Gasteiger partial charge >= 0.3 is 0 Å². The molecule has 1 saturated heterocycles. The topological polar surface area (TPSA) is 50.6 Å². The maximum atomic E-state index is 12.8. The van der Waals surface area contributed by atoms with Gasteiger partial charge in [0, 0.05) is 32.2 Å². The molecule has 1 fully saturated rings. The number of carbonyl (C=O) groups excluding carboxylic acids is 1. The average Bonchev–Trinajstić information content (AvgIpc) is 3.23. The van der Waals surface area contributed by atoms with E-state index in [1.807, 2.05) is 18.0 Å². The first-order valence-corrected chi connectivity index (χ1v) is 8.95. The van der Waals surface area contributed by atoms with Crippen LogP contribution in [0.3, 0.4) is 0 Å². The van der Waals surface area contributed by atoms with E-state index in [4.69, 9.17) is 4.74 Å². The van der Waals surface area contributed by atoms with Gasteiger partial charge < -0.3 is 9.64 Å². The van der Waals surface area contributed by atoms with Crippen LogP contribution in [-0.2, 0) is 13.1 Å². The van der Waals surface area contributed by atoms with Crippen molar-refractivity contribution in [1.82, 2.24) is 19.6 Å². The van der Waals surface area contributed by atoms with Gasteiger partial charge in [-0.15, -0.1) is 0 Å². The molecule has 4 rings (SSSR count). The van der Waals surface area contributed by atoms with E-state index in [2.05, 4.69) is 34.3 Å². The Labute approximate surface area is 148 Å². The zero-order valence-corrected chi connectivity index (χ0v) is 14.6. The number of hydrogen-bond acceptors (Lipinski definition) is 4. The van der Waals surface area contributed by atoms with Crippen LogP contribution in [-0.4, -0.2) is 58.3 Å². The molecule has 0 aliphatic carbocycles. The zero-order chi connectivity index (χ0) is 17.2. The predicted molar refractivity (Wildman–Crippen MR) is 94.6 cm³/mol. The fourth-order valence-corrected chi connectivity index (χ4v) is 3.70. The molecular formula is C19H24N4O2. The number of benzene rings is 1. The quantitative estimate of drug-likeness (QED) is 0.854. The second-order valence-electron chi connectivity index (χ2n) is 6.87. The number of hydrogen-bond donors (Lipinski definition) is 0. The lowest BCUT2D eigenvalue weighted by Gasteiger charge is -2.37. The molecule has 0 spiro atoms. The number of amides is 1. The average molecular weight is 340 g/mol. The summed E-state index contributed by atoms with van der Waals surface area (Å²) in [5.41, 5.74) is 1.80. The Hall–Kier alpha value is -2.34. The van der Waals surface area contributed by atoms with Gasteiger partial charge in [0.05, 0.1) is 6.54 Å². The minimum Gasteiger partial charge on any atom is -0.476 e. The summed E-state index contributed by atoms with van der Waals surface area (Å²) in [5, 5.41) is 4.38. The summed E-state index contributed by atoms with van der Waals surface area (Å²) < 4.78 is 7.23. The Morgan fingerprint density at radius 2 is 2.16 bits per heavy atom. The Bertz CT molecular complexity index is 722. The zero-order valence-electron chi connectivity index (χ0n) is 14.6. The number of fused-ring (bicyclic) bond motifs is 1. The highest BCUT2D eigenvalue weighted by Gasteiger charge is 2.29. The van der Waals surface area contributed by atoms with Gasteiger partial charge in [-0.1, -0.05) is 30.3 Å². The van der Waals surface area contributed by atoms with Gasteiger partial charge in [-0.05, 0) is 24.9 Å². The van der Waals surface area contributed by atoms with Gasteiger partial charge in [0.15, 0.2) is 5.69 Å². The van der Waals surface area contributed by atoms with Crippen molar-refractivity contribution in [2.75, 3.05) is 26.7 Å². The third kappa shape index (κ3) is 3.39. The molecule has 0 N–H and O–H groups in total. The molecule has 2 aliphatic heterocycles. The number of ether oxygens (including phenoxy) is 1. The summed E-state index contributed by atoms with van der Waals surface area (Å²) in [6.07, 6.45) is 2.15. The smallest absolute Gasteiger partial charge is 0.274 e. The van der Waals surface area contributed by atoms with Crippen molar-refractivity contribution in [3.63, 3.8) is 0 Å². The predicted octanol–water partition coefficient (Wildman–Crippen LogP) is 2.01. The van der Waals surface area contributed by atoms with Crippen molar-refractivity contribution in [1.29, 1.82) is 0 Å². The highest BCUT2D eigenvalue weighted by atomic mass is 16.5. The van der Waals surface area contributed by atoms with E-state index in [-0.39, 0.29) is 11.9 Å². The fourth-order valence-electron chi connectivity index (χ4n) is 3.70. The van der Waals surface area contributed by atoms with Crippen LogP contribution in [0.5, 0.6) is 5.88 Å². The van der Waals surface area contributed by atoms with Crippen molar-refractivity contribution in [2.24, 2.45) is 0 Å². The number of aromatic nitrogens is 2. The highest BCUT2D eigenvalue weighted by molar-refractivity contribution is 5.92. The summed E-state index contributed by atoms with van der Waals surface area (Å²) >= 11 is 0. The van der Waals surface area contributed by atoms with Gasteiger partial charge in [-0.25, -0.2) is 4.68 Å². The molecule has 2 aliphatic rings. The van der Waals surface area contributed by atoms with Crippen molar-refractivity contribution in [3.05, 3.63) is 47.7 Å². The normalized spacial score (nSPS) is 20.1. The van der Waals surface area contributed by atoms with E-state index in [1.54, 1.807) is 10.7 Å². The third-order valence-electron chi connectivity index (χ3n) is 5.11. The van der Waals surface area contributed by atoms with Crippen LogP contribution in [0.2, 0.25) is 0 Å². The number of likely N-dealkylation sites (N-methyl/N-ethyl adjacent to an activating group) is 1. The van der Waals surface area contributed by atoms with Crippen LogP contribution in [0.4, 0.5) is 0 Å². The summed E-state index contributed by atoms with van der Waals surface area (Å²) in [5.74, 6) is 0.683. The molecule has 6 nitrogen and oxygen atoms in total. The van der Waals surface area contributed by atoms with Gasteiger partial charge in [-0.3, -0.25) is 9.69 Å². The lowest BCUT2D eigenvalue weighted by molar-refractivity contribution is 0.0602. The molecule has 25 heavy (non-hydrogen) atoms. The number of nitrogens with zero attached hydrogens (tertiary/aromatic N) is 4. The van der Waals surface area contributed by atoms with Crippen LogP contribution >= 0.6 is 0 Å². The van der Waals surface area contributed by atoms with Crippen LogP contribution in [0.1, 0.15) is 28.9 Å². The first-order chi connectivity index (χ1) is 12.2. The Morgan fingerprint density at radius 3 is 2.96 bits per heavy atom. The van der Waals surface area contributed by atoms with E-state index < -0.39 is 0 Å². The molecule has 3 heterocycles. The van der Waals surface area contributed by atoms with Gasteiger partial charge in [0.1, 0.15) is 6.61 Å². The molecule has 0 saturated carbocycles. The van der Waals surface area contributed by atoms with E-state index in [9.17, 15) is 4.79 Å². The summed E-state index contributed by atoms with van der Waals surface area (Å²) in [6, 6.07) is 12.5. The molecule has 1 amide bonds. The van der Waals surface area contributed by atoms with E-state index >= 15 is 0 Å². The summed E-state index contributed by atoms with van der Waals surface area (Å²) in [4.78, 5) is 17.1. The van der Waals surface area contributed by atoms with Crippen molar-refractivity contribution >= 4 is 5.91 Å². The lowest BCUT2D eigenvalue weighted by atomic mass is 10.0. The molecule has 6 heteroatoms. The number of carbonyl (C=O) groups is 1. The molecule has 1 aromatic heterocycles. The maximum absolute atomic E-state index is 12.8. The minimum atomic E-state index is -0.0166. The van der Waals surface area contributed by atoms with Gasteiger partial charge in [0.25, 0.3) is 5.91 Å². The molecule has 132 valence electrons. The second-order valence-corrected chi connectivity index (χ2v) is 6.87. The Balaban J connectivity index is 1.40. The van der Waals surface area contributed by atoms with Crippen LogP contribution in [0.15, 0.2) is 36.4 Å². The molecule has 1 aromatic carbocycles. The van der Waals surface area contributed by atoms with Crippen LogP contribution in [0.25, 0.3) is 0 Å². The van der Waals surface area contributed by atoms with E-state index in [0.29, 0.717) is 18.2 Å². The van der Waals surface area contributed by atoms with Crippen molar-refractivity contribution in [2.45, 2.75) is 32.0 Å². The number of likely N-dealkylation sites (tertiary alicyclic amines) is 1. The van der Waals surface area contributed by atoms with Crippen LogP contribution < -0.4 is 4.74 Å². The minimum absolute atomic E-state index is 0.0166. The Morgan fingerprint density at radius 1 is 1.32 bits per heavy atom. The summed E-state index contributed by atoms with van der Waals surface area (Å²) in [7, 11) is 1.89. The number of piperidine rings is 1. The van der Waals surface area contributed by atoms with Gasteiger partial charge in [-0.2, -0.15) is 5.10 Å². The highest BCUT2D eigenvalue weighted by Crippen LogP contribution is 2.22. The molecule has 0 radical (unpaired) electrons. The fraction of sp³-hybridized carbons (Fsp3) is 0.474. The van der Waals surface area contributed by atoms with E-state index in [1.165, 1.54) is 5.56 Å². The molecule has 1 atom stereocenters. The standard InChI is InChI=1S/C19H24N4O2/c1-21(19(24)17-12-18-23(20-17)10-11-25-18)16-8-5-9-22(14-16)13-15-6-3-2-4-7-15/h2-4,6-7,12,16H,5,8-11,13-14H2,1H3. The molecular weight excluding hydrogens is 316 g/mol. The van der Waals surface area contributed by atoms with Crippen molar-refractivity contribution in [3.8, 4) is 5.88 Å². The molecule has 2 aromatic rings. The largest absolute Gasteiger partial charge is 0.476 e. The Kier molecular flexibility index (Phi) is 4.44. The van der Waals surface area contributed by atoms with Gasteiger partial charge in [0.2, 0.25) is 5.88 Å². The second kappa shape index (κ2) is 6.88. The molecule has 0 bridgehead atoms. The van der Waals surface area contributed by atoms with E-state index in [0.717, 1.165) is 39.0 Å². The lowest BCUT2D eigenvalue weighted by Crippen LogP contribution is -2.48. The number of rotatable bonds is 4. The maximum Gasteiger partial charge on any atom is 0.274 e. The molecule has 1 unspecified atom stereocenters.